The van der Waals surface area contributed by atoms with Crippen molar-refractivity contribution >= 4 is 42.3 Å². The molecule has 342 valence electrons. The van der Waals surface area contributed by atoms with Gasteiger partial charge in [-0.1, -0.05) is 106 Å². The Hall–Kier alpha value is -5.02. The van der Waals surface area contributed by atoms with E-state index < -0.39 is 84.8 Å². The number of rotatable bonds is 14. The van der Waals surface area contributed by atoms with Crippen LogP contribution in [0.2, 0.25) is 5.04 Å². The van der Waals surface area contributed by atoms with Crippen LogP contribution in [0, 0.1) is 31.6 Å². The number of anilines is 1. The molecule has 0 saturated carbocycles. The number of fused-ring (bicyclic) bond motifs is 1. The molecule has 0 radical (unpaired) electrons. The van der Waals surface area contributed by atoms with Crippen LogP contribution in [-0.2, 0) is 26.4 Å². The summed E-state index contributed by atoms with van der Waals surface area (Å²) in [5.41, 5.74) is -0.334. The molecule has 1 aliphatic heterocycles. The number of aliphatic hydroxyl groups excluding tert-OH is 2. The number of nitrogens with zero attached hydrogens (tertiary/aromatic N) is 1. The van der Waals surface area contributed by atoms with Crippen molar-refractivity contribution in [1.82, 2.24) is 0 Å². The number of imide groups is 1. The number of phenolic OH excluding ortho intramolecular Hbond substituents is 1. The number of allylic oxidation sites excluding steroid dienone is 1. The summed E-state index contributed by atoms with van der Waals surface area (Å²) < 4.78 is 91.5. The Bertz CT molecular complexity index is 2310. The fraction of sp³-hybridized carbons (Fsp3) is 0.400. The van der Waals surface area contributed by atoms with E-state index in [-0.39, 0.29) is 36.8 Å². The number of amides is 2. The van der Waals surface area contributed by atoms with Gasteiger partial charge in [0.05, 0.1) is 48.0 Å². The summed E-state index contributed by atoms with van der Waals surface area (Å²) in [7, 11) is -3.29. The van der Waals surface area contributed by atoms with Crippen molar-refractivity contribution in [2.45, 2.75) is 97.1 Å². The van der Waals surface area contributed by atoms with Crippen molar-refractivity contribution in [2.24, 2.45) is 17.8 Å². The van der Waals surface area contributed by atoms with E-state index in [0.717, 1.165) is 27.9 Å². The molecule has 4 aromatic carbocycles. The highest BCUT2D eigenvalue weighted by Crippen LogP contribution is 2.49. The number of aryl methyl sites for hydroxylation is 2. The van der Waals surface area contributed by atoms with Gasteiger partial charge in [0.1, 0.15) is 5.75 Å². The van der Waals surface area contributed by atoms with Crippen LogP contribution in [0.1, 0.15) is 87.6 Å². The third-order valence-electron chi connectivity index (χ3n) is 12.6. The number of phenols is 1. The molecule has 4 aromatic rings. The van der Waals surface area contributed by atoms with Crippen LogP contribution in [0.5, 0.6) is 5.75 Å². The maximum Gasteiger partial charge on any atom is 0.416 e. The van der Waals surface area contributed by atoms with Gasteiger partial charge in [-0.3, -0.25) is 9.59 Å². The van der Waals surface area contributed by atoms with E-state index in [1.54, 1.807) is 13.8 Å². The van der Waals surface area contributed by atoms with Crippen LogP contribution in [0.15, 0.2) is 108 Å². The largest absolute Gasteiger partial charge is 0.507 e. The summed E-state index contributed by atoms with van der Waals surface area (Å²) in [5.74, 6) is -5.81. The van der Waals surface area contributed by atoms with E-state index in [9.17, 15) is 51.3 Å². The number of alkyl halides is 6. The van der Waals surface area contributed by atoms with Gasteiger partial charge in [0.15, 0.2) is 0 Å². The average molecular weight is 908 g/mol. The van der Waals surface area contributed by atoms with Crippen molar-refractivity contribution < 1.29 is 55.7 Å². The second kappa shape index (κ2) is 18.8. The first-order valence-electron chi connectivity index (χ1n) is 21.5. The van der Waals surface area contributed by atoms with E-state index in [0.29, 0.717) is 46.6 Å². The van der Waals surface area contributed by atoms with Gasteiger partial charge in [-0.05, 0) is 113 Å². The van der Waals surface area contributed by atoms with Gasteiger partial charge in [0.25, 0.3) is 8.32 Å². The number of hydrogen-bond acceptors (Lipinski definition) is 6. The first-order valence-corrected chi connectivity index (χ1v) is 23.4. The quantitative estimate of drug-likeness (QED) is 0.0504. The third-order valence-corrected chi connectivity index (χ3v) is 17.6. The number of aliphatic hydroxyl groups is 2. The highest BCUT2D eigenvalue weighted by Gasteiger charge is 2.57. The Balaban J connectivity index is 1.47. The number of benzene rings is 4. The molecule has 0 spiro atoms. The third kappa shape index (κ3) is 9.66. The van der Waals surface area contributed by atoms with E-state index in [1.807, 2.05) is 85.8 Å². The summed E-state index contributed by atoms with van der Waals surface area (Å²) in [4.78, 5) is 29.2. The Labute approximate surface area is 371 Å². The Kier molecular flexibility index (Phi) is 14.3. The molecule has 14 heteroatoms. The molecule has 1 heterocycles. The molecular formula is C50H55F6NO6Si. The SMILES string of the molecule is CCC/C(=C\c1cc(C)c(O)c(C)c1)CC[C@@H](O)C1=C(CO[Si](c2ccccc2)(c2ccccc2)C(C)(C)C)C[C@H]2C(=O)N(c3cc(C(F)(F)F)cc(C(F)(F)F)c3)C(=O)[C@H]2[C@H]1CO. The molecule has 0 bridgehead atoms. The van der Waals surface area contributed by atoms with Gasteiger partial charge in [-0.25, -0.2) is 4.90 Å². The lowest BCUT2D eigenvalue weighted by Gasteiger charge is -2.44. The minimum Gasteiger partial charge on any atom is -0.507 e. The van der Waals surface area contributed by atoms with Gasteiger partial charge in [-0.2, -0.15) is 26.3 Å². The number of aromatic hydroxyl groups is 1. The predicted molar refractivity (Wildman–Crippen MR) is 237 cm³/mol. The van der Waals surface area contributed by atoms with Gasteiger partial charge >= 0.3 is 12.4 Å². The lowest BCUT2D eigenvalue weighted by atomic mass is 9.68. The van der Waals surface area contributed by atoms with Crippen LogP contribution in [0.3, 0.4) is 0 Å². The Morgan fingerprint density at radius 3 is 1.83 bits per heavy atom. The smallest absolute Gasteiger partial charge is 0.416 e. The fourth-order valence-electron chi connectivity index (χ4n) is 9.75. The molecule has 64 heavy (non-hydrogen) atoms. The van der Waals surface area contributed by atoms with Gasteiger partial charge < -0.3 is 19.7 Å². The molecule has 0 unspecified atom stereocenters. The minimum absolute atomic E-state index is 0.0698. The van der Waals surface area contributed by atoms with E-state index >= 15 is 0 Å². The van der Waals surface area contributed by atoms with Crippen LogP contribution in [0.4, 0.5) is 32.0 Å². The van der Waals surface area contributed by atoms with Crippen LogP contribution >= 0.6 is 0 Å². The van der Waals surface area contributed by atoms with Crippen LogP contribution < -0.4 is 15.3 Å². The van der Waals surface area contributed by atoms with E-state index in [1.165, 1.54) is 0 Å². The molecule has 2 aliphatic rings. The topological polar surface area (TPSA) is 107 Å². The van der Waals surface area contributed by atoms with Crippen molar-refractivity contribution in [3.63, 3.8) is 0 Å². The molecule has 1 saturated heterocycles. The zero-order valence-corrected chi connectivity index (χ0v) is 37.8. The first kappa shape index (κ1) is 48.4. The summed E-state index contributed by atoms with van der Waals surface area (Å²) in [6, 6.07) is 23.7. The standard InChI is InChI=1S/C50H55F6NO6Si/c1-7-14-32(23-33-21-30(2)45(60)31(3)22-33)19-20-42(59)43-34(29-63-64(48(4,5)6,38-15-10-8-11-16-38)39-17-12-9-13-18-39)24-40-44(41(43)28-58)47(62)57(46(40)61)37-26-35(49(51,52)53)25-36(27-37)50(54,55)56/h8-13,15-18,21-23,25-27,40-42,44,58-60H,7,14,19-20,24,28-29H2,1-6H3/b32-23+/t40-,41+,42-,44-/m1/s1. The highest BCUT2D eigenvalue weighted by atomic mass is 28.4. The molecule has 6 rings (SSSR count). The lowest BCUT2D eigenvalue weighted by molar-refractivity contribution is -0.143. The number of carbonyl (C=O) groups excluding carboxylic acids is 2. The Morgan fingerprint density at radius 2 is 1.36 bits per heavy atom. The summed E-state index contributed by atoms with van der Waals surface area (Å²) in [5, 5.41) is 35.3. The second-order valence-electron chi connectivity index (χ2n) is 18.0. The van der Waals surface area contributed by atoms with E-state index in [2.05, 4.69) is 20.8 Å². The van der Waals surface area contributed by atoms with Crippen LogP contribution in [-0.4, -0.2) is 54.8 Å². The Morgan fingerprint density at radius 1 is 0.828 bits per heavy atom. The van der Waals surface area contributed by atoms with Crippen molar-refractivity contribution in [3.05, 3.63) is 136 Å². The number of hydrogen-bond donors (Lipinski definition) is 3. The van der Waals surface area contributed by atoms with Gasteiger partial charge in [0, 0.05) is 5.92 Å². The molecule has 4 atom stereocenters. The van der Waals surface area contributed by atoms with Crippen LogP contribution in [0.25, 0.3) is 6.08 Å². The first-order chi connectivity index (χ1) is 30.0. The molecule has 0 aromatic heterocycles. The summed E-state index contributed by atoms with van der Waals surface area (Å²) in [6.07, 6.45) is -8.06. The molecule has 2 amide bonds. The number of halogens is 6. The molecule has 3 N–H and O–H groups in total. The van der Waals surface area contributed by atoms with Gasteiger partial charge in [-0.15, -0.1) is 0 Å². The molecule has 7 nitrogen and oxygen atoms in total. The maximum atomic E-state index is 14.4. The zero-order chi connectivity index (χ0) is 46.9. The highest BCUT2D eigenvalue weighted by molar-refractivity contribution is 6.99. The maximum absolute atomic E-state index is 14.4. The zero-order valence-electron chi connectivity index (χ0n) is 36.8. The number of carbonyl (C=O) groups is 2. The van der Waals surface area contributed by atoms with Crippen molar-refractivity contribution in [1.29, 1.82) is 0 Å². The lowest BCUT2D eigenvalue weighted by Crippen LogP contribution is -2.66. The van der Waals surface area contributed by atoms with Crippen molar-refractivity contribution in [2.75, 3.05) is 18.1 Å². The van der Waals surface area contributed by atoms with E-state index in [4.69, 9.17) is 4.43 Å². The molecular weight excluding hydrogens is 853 g/mol. The predicted octanol–water partition coefficient (Wildman–Crippen LogP) is 10.1. The van der Waals surface area contributed by atoms with Crippen molar-refractivity contribution in [3.8, 4) is 5.75 Å². The summed E-state index contributed by atoms with van der Waals surface area (Å²) in [6.45, 7) is 10.9. The van der Waals surface area contributed by atoms with Gasteiger partial charge in [0.2, 0.25) is 11.8 Å². The molecule has 1 aliphatic carbocycles. The summed E-state index contributed by atoms with van der Waals surface area (Å²) >= 11 is 0. The monoisotopic (exact) mass is 907 g/mol. The second-order valence-corrected chi connectivity index (χ2v) is 22.3. The fourth-order valence-corrected chi connectivity index (χ4v) is 14.3. The molecule has 1 fully saturated rings. The average Bonchev–Trinajstić information content (AvgIpc) is 3.49. The normalized spacial score (nSPS) is 19.4. The minimum atomic E-state index is -5.24.